The molecular formula is C12H15ClN2O2. The Bertz CT molecular complexity index is 415. The van der Waals surface area contributed by atoms with E-state index < -0.39 is 0 Å². The summed E-state index contributed by atoms with van der Waals surface area (Å²) in [6.07, 6.45) is 0. The molecule has 0 aromatic heterocycles. The van der Waals surface area contributed by atoms with Gasteiger partial charge in [-0.2, -0.15) is 0 Å². The van der Waals surface area contributed by atoms with Crippen LogP contribution in [0.1, 0.15) is 10.4 Å². The molecule has 2 amide bonds. The van der Waals surface area contributed by atoms with Crippen molar-refractivity contribution in [1.29, 1.82) is 0 Å². The Hall–Kier alpha value is -1.55. The summed E-state index contributed by atoms with van der Waals surface area (Å²) in [5, 5.41) is 0.577. The number of rotatable bonds is 3. The predicted molar refractivity (Wildman–Crippen MR) is 67.1 cm³/mol. The molecular weight excluding hydrogens is 240 g/mol. The lowest BCUT2D eigenvalue weighted by Crippen LogP contribution is -2.37. The van der Waals surface area contributed by atoms with Gasteiger partial charge in [0.1, 0.15) is 0 Å². The minimum absolute atomic E-state index is 0.0639. The minimum Gasteiger partial charge on any atom is -0.347 e. The van der Waals surface area contributed by atoms with Gasteiger partial charge < -0.3 is 9.80 Å². The first-order chi connectivity index (χ1) is 7.91. The van der Waals surface area contributed by atoms with E-state index in [1.54, 1.807) is 45.4 Å². The highest BCUT2D eigenvalue weighted by Gasteiger charge is 2.15. The smallest absolute Gasteiger partial charge is 0.254 e. The van der Waals surface area contributed by atoms with Gasteiger partial charge in [-0.25, -0.2) is 0 Å². The number of carbonyl (C=O) groups excluding carboxylic acids is 2. The summed E-state index contributed by atoms with van der Waals surface area (Å²) in [5.74, 6) is -0.313. The van der Waals surface area contributed by atoms with E-state index in [1.165, 1.54) is 9.80 Å². The summed E-state index contributed by atoms with van der Waals surface area (Å²) in [5.41, 5.74) is 0.517. The van der Waals surface area contributed by atoms with Gasteiger partial charge in [0.05, 0.1) is 6.54 Å². The van der Waals surface area contributed by atoms with Gasteiger partial charge in [0, 0.05) is 31.7 Å². The molecule has 4 nitrogen and oxygen atoms in total. The first kappa shape index (κ1) is 13.5. The van der Waals surface area contributed by atoms with Crippen LogP contribution in [0.2, 0.25) is 5.02 Å². The average Bonchev–Trinajstić information content (AvgIpc) is 2.28. The average molecular weight is 255 g/mol. The zero-order valence-corrected chi connectivity index (χ0v) is 10.9. The molecule has 5 heteroatoms. The normalized spacial score (nSPS) is 9.88. The van der Waals surface area contributed by atoms with Crippen LogP contribution in [-0.4, -0.2) is 49.3 Å². The van der Waals surface area contributed by atoms with Crippen molar-refractivity contribution in [1.82, 2.24) is 9.80 Å². The predicted octanol–water partition coefficient (Wildman–Crippen LogP) is 1.50. The van der Waals surface area contributed by atoms with Crippen molar-refractivity contribution in [2.75, 3.05) is 27.7 Å². The molecule has 1 rings (SSSR count). The highest BCUT2D eigenvalue weighted by Crippen LogP contribution is 2.11. The molecule has 0 aliphatic carbocycles. The fourth-order valence-electron chi connectivity index (χ4n) is 1.23. The summed E-state index contributed by atoms with van der Waals surface area (Å²) >= 11 is 5.74. The molecule has 0 radical (unpaired) electrons. The fourth-order valence-corrected chi connectivity index (χ4v) is 1.35. The number of carbonyl (C=O) groups is 2. The van der Waals surface area contributed by atoms with Crippen LogP contribution in [0.25, 0.3) is 0 Å². The third-order valence-electron chi connectivity index (χ3n) is 2.31. The minimum atomic E-state index is -0.197. The van der Waals surface area contributed by atoms with E-state index >= 15 is 0 Å². The summed E-state index contributed by atoms with van der Waals surface area (Å²) in [4.78, 5) is 26.2. The second-order valence-corrected chi connectivity index (χ2v) is 4.39. The zero-order chi connectivity index (χ0) is 13.0. The van der Waals surface area contributed by atoms with E-state index in [2.05, 4.69) is 0 Å². The van der Waals surface area contributed by atoms with E-state index in [1.807, 2.05) is 0 Å². The van der Waals surface area contributed by atoms with Gasteiger partial charge in [0.25, 0.3) is 5.91 Å². The molecule has 1 aromatic rings. The molecule has 0 saturated heterocycles. The quantitative estimate of drug-likeness (QED) is 0.820. The maximum Gasteiger partial charge on any atom is 0.254 e. The molecule has 0 aliphatic heterocycles. The van der Waals surface area contributed by atoms with E-state index in [0.717, 1.165) is 0 Å². The van der Waals surface area contributed by atoms with E-state index in [-0.39, 0.29) is 18.4 Å². The lowest BCUT2D eigenvalue weighted by Gasteiger charge is -2.19. The maximum absolute atomic E-state index is 11.9. The Labute approximate surface area is 106 Å². The van der Waals surface area contributed by atoms with Crippen LogP contribution < -0.4 is 0 Å². The van der Waals surface area contributed by atoms with Gasteiger partial charge in [-0.1, -0.05) is 11.6 Å². The van der Waals surface area contributed by atoms with E-state index in [4.69, 9.17) is 11.6 Å². The number of likely N-dealkylation sites (N-methyl/N-ethyl adjacent to an activating group) is 2. The van der Waals surface area contributed by atoms with Crippen LogP contribution in [0.3, 0.4) is 0 Å². The topological polar surface area (TPSA) is 40.6 Å². The number of hydrogen-bond acceptors (Lipinski definition) is 2. The van der Waals surface area contributed by atoms with Gasteiger partial charge in [-0.15, -0.1) is 0 Å². The first-order valence-electron chi connectivity index (χ1n) is 5.13. The Morgan fingerprint density at radius 3 is 2.12 bits per heavy atom. The number of amides is 2. The SMILES string of the molecule is CN(C)C(=O)CN(C)C(=O)c1ccc(Cl)cc1. The molecule has 0 bridgehead atoms. The Kier molecular flexibility index (Phi) is 4.52. The van der Waals surface area contributed by atoms with Gasteiger partial charge in [0.15, 0.2) is 0 Å². The molecule has 0 fully saturated rings. The van der Waals surface area contributed by atoms with Crippen molar-refractivity contribution in [3.05, 3.63) is 34.9 Å². The fraction of sp³-hybridized carbons (Fsp3) is 0.333. The number of halogens is 1. The van der Waals surface area contributed by atoms with Gasteiger partial charge >= 0.3 is 0 Å². The first-order valence-corrected chi connectivity index (χ1v) is 5.51. The van der Waals surface area contributed by atoms with Crippen molar-refractivity contribution >= 4 is 23.4 Å². The number of hydrogen-bond donors (Lipinski definition) is 0. The van der Waals surface area contributed by atoms with Crippen molar-refractivity contribution in [2.45, 2.75) is 0 Å². The van der Waals surface area contributed by atoms with Crippen molar-refractivity contribution in [3.8, 4) is 0 Å². The molecule has 0 aliphatic rings. The standard InChI is InChI=1S/C12H15ClN2O2/c1-14(2)11(16)8-15(3)12(17)9-4-6-10(13)7-5-9/h4-7H,8H2,1-3H3. The third-order valence-corrected chi connectivity index (χ3v) is 2.56. The third kappa shape index (κ3) is 3.75. The second kappa shape index (κ2) is 5.68. The largest absolute Gasteiger partial charge is 0.347 e. The summed E-state index contributed by atoms with van der Waals surface area (Å²) in [7, 11) is 4.91. The van der Waals surface area contributed by atoms with Crippen LogP contribution in [0.15, 0.2) is 24.3 Å². The number of benzene rings is 1. The highest BCUT2D eigenvalue weighted by atomic mass is 35.5. The lowest BCUT2D eigenvalue weighted by atomic mass is 10.2. The summed E-state index contributed by atoms with van der Waals surface area (Å²) in [6.45, 7) is 0.0639. The van der Waals surface area contributed by atoms with Crippen molar-refractivity contribution < 1.29 is 9.59 Å². The van der Waals surface area contributed by atoms with Crippen molar-refractivity contribution in [2.24, 2.45) is 0 Å². The Morgan fingerprint density at radius 2 is 1.65 bits per heavy atom. The van der Waals surface area contributed by atoms with Crippen LogP contribution in [0, 0.1) is 0 Å². The van der Waals surface area contributed by atoms with Crippen LogP contribution in [-0.2, 0) is 4.79 Å². The molecule has 0 unspecified atom stereocenters. The molecule has 0 saturated carbocycles. The summed E-state index contributed by atoms with van der Waals surface area (Å²) < 4.78 is 0. The molecule has 0 heterocycles. The van der Waals surface area contributed by atoms with E-state index in [9.17, 15) is 9.59 Å². The maximum atomic E-state index is 11.9. The number of nitrogens with zero attached hydrogens (tertiary/aromatic N) is 2. The van der Waals surface area contributed by atoms with Crippen molar-refractivity contribution in [3.63, 3.8) is 0 Å². The Morgan fingerprint density at radius 1 is 1.12 bits per heavy atom. The monoisotopic (exact) mass is 254 g/mol. The highest BCUT2D eigenvalue weighted by molar-refractivity contribution is 6.30. The van der Waals surface area contributed by atoms with Gasteiger partial charge in [-0.3, -0.25) is 9.59 Å². The van der Waals surface area contributed by atoms with Gasteiger partial charge in [0.2, 0.25) is 5.91 Å². The summed E-state index contributed by atoms with van der Waals surface area (Å²) in [6, 6.07) is 6.58. The Balaban J connectivity index is 2.70. The molecule has 1 aromatic carbocycles. The van der Waals surface area contributed by atoms with Crippen LogP contribution in [0.5, 0.6) is 0 Å². The molecule has 17 heavy (non-hydrogen) atoms. The molecule has 0 atom stereocenters. The van der Waals surface area contributed by atoms with Crippen LogP contribution >= 0.6 is 11.6 Å². The zero-order valence-electron chi connectivity index (χ0n) is 10.1. The van der Waals surface area contributed by atoms with Crippen LogP contribution in [0.4, 0.5) is 0 Å². The molecule has 0 spiro atoms. The molecule has 0 N–H and O–H groups in total. The second-order valence-electron chi connectivity index (χ2n) is 3.96. The van der Waals surface area contributed by atoms with Gasteiger partial charge in [-0.05, 0) is 24.3 Å². The molecule has 92 valence electrons. The lowest BCUT2D eigenvalue weighted by molar-refractivity contribution is -0.129. The van der Waals surface area contributed by atoms with E-state index in [0.29, 0.717) is 10.6 Å².